The Bertz CT molecular complexity index is 694. The van der Waals surface area contributed by atoms with Crippen LogP contribution in [0.1, 0.15) is 39.5 Å². The van der Waals surface area contributed by atoms with Crippen LogP contribution in [0.2, 0.25) is 0 Å². The standard InChI is InChI=1S/C16H22N4O2/c1-12(2)17-15(21)10-4-3-7-11-20-16(22)13-8-5-6-9-14(13)18-19-20/h5-6,8-9,12H,3-4,7,10-11H2,1-2H3,(H,17,21). The third-order valence-corrected chi connectivity index (χ3v) is 3.35. The van der Waals surface area contributed by atoms with Crippen molar-refractivity contribution in [1.29, 1.82) is 0 Å². The first kappa shape index (κ1) is 16.1. The van der Waals surface area contributed by atoms with Crippen molar-refractivity contribution in [2.45, 2.75) is 52.1 Å². The van der Waals surface area contributed by atoms with E-state index in [0.29, 0.717) is 23.9 Å². The van der Waals surface area contributed by atoms with E-state index in [9.17, 15) is 9.59 Å². The van der Waals surface area contributed by atoms with Crippen LogP contribution >= 0.6 is 0 Å². The number of amides is 1. The number of benzene rings is 1. The molecule has 6 nitrogen and oxygen atoms in total. The summed E-state index contributed by atoms with van der Waals surface area (Å²) >= 11 is 0. The minimum atomic E-state index is -0.108. The van der Waals surface area contributed by atoms with Gasteiger partial charge in [-0.1, -0.05) is 23.8 Å². The Labute approximate surface area is 129 Å². The van der Waals surface area contributed by atoms with E-state index in [1.807, 2.05) is 26.0 Å². The van der Waals surface area contributed by atoms with Crippen molar-refractivity contribution in [2.75, 3.05) is 0 Å². The second-order valence-corrected chi connectivity index (χ2v) is 5.67. The van der Waals surface area contributed by atoms with Crippen molar-refractivity contribution >= 4 is 16.8 Å². The lowest BCUT2D eigenvalue weighted by Gasteiger charge is -2.08. The van der Waals surface area contributed by atoms with Crippen molar-refractivity contribution < 1.29 is 4.79 Å². The highest BCUT2D eigenvalue weighted by Gasteiger charge is 2.05. The molecule has 118 valence electrons. The third kappa shape index (κ3) is 4.38. The minimum absolute atomic E-state index is 0.0812. The molecule has 0 atom stereocenters. The summed E-state index contributed by atoms with van der Waals surface area (Å²) < 4.78 is 1.40. The molecular weight excluding hydrogens is 280 g/mol. The zero-order chi connectivity index (χ0) is 15.9. The van der Waals surface area contributed by atoms with Gasteiger partial charge in [-0.05, 0) is 38.8 Å². The molecule has 22 heavy (non-hydrogen) atoms. The molecule has 0 aliphatic rings. The Balaban J connectivity index is 1.82. The molecule has 1 heterocycles. The summed E-state index contributed by atoms with van der Waals surface area (Å²) in [4.78, 5) is 23.7. The summed E-state index contributed by atoms with van der Waals surface area (Å²) in [5, 5.41) is 11.5. The maximum atomic E-state index is 12.2. The Morgan fingerprint density at radius 2 is 2.00 bits per heavy atom. The van der Waals surface area contributed by atoms with Gasteiger partial charge < -0.3 is 5.32 Å². The first-order valence-electron chi connectivity index (χ1n) is 7.70. The van der Waals surface area contributed by atoms with Crippen LogP contribution in [0.5, 0.6) is 0 Å². The second-order valence-electron chi connectivity index (χ2n) is 5.67. The summed E-state index contributed by atoms with van der Waals surface area (Å²) in [6.07, 6.45) is 3.03. The topological polar surface area (TPSA) is 76.9 Å². The van der Waals surface area contributed by atoms with E-state index in [0.717, 1.165) is 19.3 Å². The smallest absolute Gasteiger partial charge is 0.277 e. The van der Waals surface area contributed by atoms with Gasteiger partial charge >= 0.3 is 0 Å². The van der Waals surface area contributed by atoms with Gasteiger partial charge in [0.2, 0.25) is 5.91 Å². The lowest BCUT2D eigenvalue weighted by molar-refractivity contribution is -0.121. The van der Waals surface area contributed by atoms with Crippen molar-refractivity contribution in [1.82, 2.24) is 20.3 Å². The van der Waals surface area contributed by atoms with E-state index < -0.39 is 0 Å². The van der Waals surface area contributed by atoms with Gasteiger partial charge in [0, 0.05) is 19.0 Å². The molecule has 0 aliphatic carbocycles. The predicted octanol–water partition coefficient (Wildman–Crippen LogP) is 1.88. The number of hydrogen-bond acceptors (Lipinski definition) is 4. The average Bonchev–Trinajstić information content (AvgIpc) is 2.48. The molecule has 0 saturated carbocycles. The van der Waals surface area contributed by atoms with Crippen molar-refractivity contribution in [3.05, 3.63) is 34.6 Å². The first-order chi connectivity index (χ1) is 10.6. The Morgan fingerprint density at radius 1 is 1.23 bits per heavy atom. The molecule has 6 heteroatoms. The van der Waals surface area contributed by atoms with Gasteiger partial charge in [0.05, 0.1) is 5.39 Å². The normalized spacial score (nSPS) is 11.0. The van der Waals surface area contributed by atoms with Gasteiger partial charge in [0.25, 0.3) is 5.56 Å². The summed E-state index contributed by atoms with van der Waals surface area (Å²) in [5.41, 5.74) is 0.511. The quantitative estimate of drug-likeness (QED) is 0.792. The van der Waals surface area contributed by atoms with Gasteiger partial charge in [-0.3, -0.25) is 9.59 Å². The fraction of sp³-hybridized carbons (Fsp3) is 0.500. The van der Waals surface area contributed by atoms with E-state index in [-0.39, 0.29) is 17.5 Å². The number of carbonyl (C=O) groups excluding carboxylic acids is 1. The maximum Gasteiger partial charge on any atom is 0.277 e. The number of rotatable bonds is 7. The first-order valence-corrected chi connectivity index (χ1v) is 7.70. The van der Waals surface area contributed by atoms with Crippen LogP contribution in [0, 0.1) is 0 Å². The summed E-state index contributed by atoms with van der Waals surface area (Å²) in [6, 6.07) is 7.38. The monoisotopic (exact) mass is 302 g/mol. The molecule has 0 bridgehead atoms. The number of aryl methyl sites for hydroxylation is 1. The van der Waals surface area contributed by atoms with Gasteiger partial charge in [0.1, 0.15) is 5.52 Å². The van der Waals surface area contributed by atoms with Crippen LogP contribution < -0.4 is 10.9 Å². The molecule has 1 aromatic carbocycles. The number of hydrogen-bond donors (Lipinski definition) is 1. The molecule has 1 amide bonds. The zero-order valence-corrected chi connectivity index (χ0v) is 13.1. The minimum Gasteiger partial charge on any atom is -0.354 e. The highest BCUT2D eigenvalue weighted by molar-refractivity contribution is 5.76. The highest BCUT2D eigenvalue weighted by Crippen LogP contribution is 2.05. The molecule has 0 spiro atoms. The molecule has 0 aliphatic heterocycles. The Morgan fingerprint density at radius 3 is 2.77 bits per heavy atom. The molecule has 0 radical (unpaired) electrons. The molecule has 1 N–H and O–H groups in total. The van der Waals surface area contributed by atoms with Crippen molar-refractivity contribution in [3.8, 4) is 0 Å². The maximum absolute atomic E-state index is 12.2. The van der Waals surface area contributed by atoms with Crippen molar-refractivity contribution in [2.24, 2.45) is 0 Å². The van der Waals surface area contributed by atoms with Gasteiger partial charge in [-0.2, -0.15) is 0 Å². The van der Waals surface area contributed by atoms with Crippen molar-refractivity contribution in [3.63, 3.8) is 0 Å². The lowest BCUT2D eigenvalue weighted by Crippen LogP contribution is -2.29. The number of fused-ring (bicyclic) bond motifs is 1. The number of unbranched alkanes of at least 4 members (excludes halogenated alkanes) is 2. The van der Waals surface area contributed by atoms with Crippen LogP contribution in [0.15, 0.2) is 29.1 Å². The van der Waals surface area contributed by atoms with Crippen LogP contribution in [-0.2, 0) is 11.3 Å². The van der Waals surface area contributed by atoms with E-state index in [2.05, 4.69) is 15.6 Å². The van der Waals surface area contributed by atoms with Crippen LogP contribution in [-0.4, -0.2) is 26.9 Å². The number of nitrogens with zero attached hydrogens (tertiary/aromatic N) is 3. The zero-order valence-electron chi connectivity index (χ0n) is 13.1. The fourth-order valence-electron chi connectivity index (χ4n) is 2.29. The lowest BCUT2D eigenvalue weighted by atomic mass is 10.2. The number of aromatic nitrogens is 3. The number of nitrogens with one attached hydrogen (secondary N) is 1. The largest absolute Gasteiger partial charge is 0.354 e. The summed E-state index contributed by atoms with van der Waals surface area (Å²) in [5.74, 6) is 0.0812. The Hall–Kier alpha value is -2.24. The van der Waals surface area contributed by atoms with Gasteiger partial charge in [0.15, 0.2) is 0 Å². The van der Waals surface area contributed by atoms with E-state index in [1.165, 1.54) is 4.68 Å². The molecule has 2 aromatic rings. The average molecular weight is 302 g/mol. The molecule has 0 fully saturated rings. The predicted molar refractivity (Wildman–Crippen MR) is 85.5 cm³/mol. The van der Waals surface area contributed by atoms with E-state index in [1.54, 1.807) is 12.1 Å². The SMILES string of the molecule is CC(C)NC(=O)CCCCCn1nnc2ccccc2c1=O. The molecular formula is C16H22N4O2. The molecule has 0 saturated heterocycles. The Kier molecular flexibility index (Phi) is 5.63. The summed E-state index contributed by atoms with van der Waals surface area (Å²) in [6.45, 7) is 4.42. The molecule has 0 unspecified atom stereocenters. The molecule has 1 aromatic heterocycles. The highest BCUT2D eigenvalue weighted by atomic mass is 16.1. The number of carbonyl (C=O) groups is 1. The fourth-order valence-corrected chi connectivity index (χ4v) is 2.29. The van der Waals surface area contributed by atoms with Crippen LogP contribution in [0.4, 0.5) is 0 Å². The second kappa shape index (κ2) is 7.68. The van der Waals surface area contributed by atoms with Gasteiger partial charge in [-0.15, -0.1) is 5.10 Å². The van der Waals surface area contributed by atoms with E-state index in [4.69, 9.17) is 0 Å². The van der Waals surface area contributed by atoms with Crippen LogP contribution in [0.25, 0.3) is 10.9 Å². The third-order valence-electron chi connectivity index (χ3n) is 3.35. The van der Waals surface area contributed by atoms with Crippen LogP contribution in [0.3, 0.4) is 0 Å². The molecule has 2 rings (SSSR count). The van der Waals surface area contributed by atoms with E-state index >= 15 is 0 Å². The van der Waals surface area contributed by atoms with Gasteiger partial charge in [-0.25, -0.2) is 4.68 Å². The summed E-state index contributed by atoms with van der Waals surface area (Å²) in [7, 11) is 0.